The monoisotopic (exact) mass is 447 g/mol. The van der Waals surface area contributed by atoms with Crippen molar-refractivity contribution in [1.29, 1.82) is 0 Å². The molecule has 0 aromatic rings. The van der Waals surface area contributed by atoms with Crippen LogP contribution in [0.5, 0.6) is 0 Å². The third-order valence-corrected chi connectivity index (χ3v) is 8.96. The van der Waals surface area contributed by atoms with Crippen LogP contribution in [0, 0.1) is 34.5 Å². The topological polar surface area (TPSA) is 121 Å². The van der Waals surface area contributed by atoms with Gasteiger partial charge in [0.15, 0.2) is 5.96 Å². The number of aliphatic hydroxyl groups excluding tert-OH is 1. The number of rotatable bonds is 7. The van der Waals surface area contributed by atoms with Crippen molar-refractivity contribution in [2.45, 2.75) is 57.5 Å². The summed E-state index contributed by atoms with van der Waals surface area (Å²) in [4.78, 5) is 17.6. The smallest absolute Gasteiger partial charge is 0.224 e. The minimum absolute atomic E-state index is 0.0887. The number of carbonyl (C=O) groups excluding carboxylic acids is 1. The van der Waals surface area contributed by atoms with Crippen LogP contribution in [-0.2, 0) is 9.53 Å². The van der Waals surface area contributed by atoms with Crippen LogP contribution in [0.2, 0.25) is 0 Å². The molecule has 4 aliphatic carbocycles. The van der Waals surface area contributed by atoms with Gasteiger partial charge in [0.1, 0.15) is 0 Å². The maximum atomic E-state index is 13.1. The Balaban J connectivity index is 1.21. The van der Waals surface area contributed by atoms with Crippen LogP contribution in [0.4, 0.5) is 0 Å². The predicted octanol–water partition coefficient (Wildman–Crippen LogP) is 0.600. The number of nitrogens with zero attached hydrogens (tertiary/aromatic N) is 1. The summed E-state index contributed by atoms with van der Waals surface area (Å²) in [5, 5.41) is 19.8. The number of nitrogens with one attached hydrogen (secondary N) is 3. The van der Waals surface area contributed by atoms with E-state index >= 15 is 0 Å². The summed E-state index contributed by atoms with van der Waals surface area (Å²) in [7, 11) is 0. The van der Waals surface area contributed by atoms with Gasteiger partial charge in [-0.25, -0.2) is 0 Å². The van der Waals surface area contributed by atoms with Crippen LogP contribution >= 0.6 is 0 Å². The van der Waals surface area contributed by atoms with Crippen LogP contribution in [-0.4, -0.2) is 69.0 Å². The standard InChI is InChI=1S/C24H41N5O3/c25-10-20(18-1-3-32-4-2-18)21(31)28-14-23-6-16-5-17(7-23)9-24(8-16,13-23)15-29-22-26-11-19(30)12-27-22/h16-20,30H,1-15,25H2,(H,28,31)(H2,26,27,29). The quantitative estimate of drug-likeness (QED) is 0.390. The SMILES string of the molecule is NCC(C(=O)NCC12CC3CC(C1)CC(CNC1=NCC(O)CN1)(C3)C2)C1CCOCC1. The summed E-state index contributed by atoms with van der Waals surface area (Å²) < 4.78 is 5.48. The molecule has 0 spiro atoms. The van der Waals surface area contributed by atoms with Gasteiger partial charge in [0, 0.05) is 39.4 Å². The second kappa shape index (κ2) is 9.11. The highest BCUT2D eigenvalue weighted by atomic mass is 16.5. The van der Waals surface area contributed by atoms with Gasteiger partial charge in [-0.3, -0.25) is 9.79 Å². The largest absolute Gasteiger partial charge is 0.389 e. The zero-order chi connectivity index (χ0) is 22.2. The lowest BCUT2D eigenvalue weighted by Gasteiger charge is -2.62. The van der Waals surface area contributed by atoms with Crippen molar-refractivity contribution >= 4 is 11.9 Å². The van der Waals surface area contributed by atoms with E-state index < -0.39 is 0 Å². The van der Waals surface area contributed by atoms with Crippen LogP contribution in [0.25, 0.3) is 0 Å². The van der Waals surface area contributed by atoms with Crippen molar-refractivity contribution < 1.29 is 14.6 Å². The molecular weight excluding hydrogens is 406 g/mol. The molecule has 6 N–H and O–H groups in total. The first kappa shape index (κ1) is 22.4. The van der Waals surface area contributed by atoms with Crippen molar-refractivity contribution in [1.82, 2.24) is 16.0 Å². The highest BCUT2D eigenvalue weighted by Crippen LogP contribution is 2.64. The van der Waals surface area contributed by atoms with Crippen LogP contribution in [0.15, 0.2) is 4.99 Å². The molecule has 5 fully saturated rings. The molecular formula is C24H41N5O3. The van der Waals surface area contributed by atoms with Gasteiger partial charge in [0.25, 0.3) is 0 Å². The molecule has 2 heterocycles. The molecule has 0 radical (unpaired) electrons. The first-order valence-corrected chi connectivity index (χ1v) is 12.7. The fourth-order valence-electron chi connectivity index (χ4n) is 8.02. The van der Waals surface area contributed by atoms with E-state index in [0.29, 0.717) is 31.0 Å². The molecule has 0 aromatic heterocycles. The molecule has 4 unspecified atom stereocenters. The Kier molecular flexibility index (Phi) is 6.38. The molecule has 6 aliphatic rings. The van der Waals surface area contributed by atoms with Gasteiger partial charge in [0.05, 0.1) is 18.6 Å². The molecule has 8 nitrogen and oxygen atoms in total. The van der Waals surface area contributed by atoms with Crippen LogP contribution in [0.3, 0.4) is 0 Å². The summed E-state index contributed by atoms with van der Waals surface area (Å²) in [5.41, 5.74) is 6.56. The molecule has 1 amide bonds. The van der Waals surface area contributed by atoms with Gasteiger partial charge in [-0.2, -0.15) is 0 Å². The summed E-state index contributed by atoms with van der Waals surface area (Å²) >= 11 is 0. The molecule has 0 aromatic carbocycles. The second-order valence-electron chi connectivity index (χ2n) is 11.5. The minimum Gasteiger partial charge on any atom is -0.389 e. The molecule has 6 rings (SSSR count). The van der Waals surface area contributed by atoms with Gasteiger partial charge in [-0.05, 0) is 80.0 Å². The van der Waals surface area contributed by atoms with E-state index in [9.17, 15) is 9.90 Å². The van der Waals surface area contributed by atoms with Gasteiger partial charge in [0.2, 0.25) is 5.91 Å². The third kappa shape index (κ3) is 4.64. The van der Waals surface area contributed by atoms with Crippen molar-refractivity contribution in [2.75, 3.05) is 45.9 Å². The summed E-state index contributed by atoms with van der Waals surface area (Å²) in [5.74, 6) is 2.80. The second-order valence-corrected chi connectivity index (χ2v) is 11.5. The average Bonchev–Trinajstić information content (AvgIpc) is 2.78. The van der Waals surface area contributed by atoms with Crippen molar-refractivity contribution in [3.05, 3.63) is 0 Å². The predicted molar refractivity (Wildman–Crippen MR) is 123 cm³/mol. The van der Waals surface area contributed by atoms with E-state index in [-0.39, 0.29) is 23.3 Å². The first-order valence-electron chi connectivity index (χ1n) is 12.7. The number of carbonyl (C=O) groups is 1. The van der Waals surface area contributed by atoms with Gasteiger partial charge in [-0.1, -0.05) is 0 Å². The molecule has 4 saturated carbocycles. The number of hydrogen-bond acceptors (Lipinski definition) is 7. The molecule has 1 saturated heterocycles. The van der Waals surface area contributed by atoms with Gasteiger partial charge >= 0.3 is 0 Å². The van der Waals surface area contributed by atoms with Crippen molar-refractivity contribution in [3.8, 4) is 0 Å². The lowest BCUT2D eigenvalue weighted by atomic mass is 9.44. The normalized spacial score (nSPS) is 39.8. The summed E-state index contributed by atoms with van der Waals surface area (Å²) in [6, 6.07) is 0. The molecule has 4 atom stereocenters. The van der Waals surface area contributed by atoms with Gasteiger partial charge < -0.3 is 31.5 Å². The van der Waals surface area contributed by atoms with E-state index in [1.54, 1.807) is 0 Å². The zero-order valence-corrected chi connectivity index (χ0v) is 19.3. The van der Waals surface area contributed by atoms with Gasteiger partial charge in [-0.15, -0.1) is 0 Å². The highest BCUT2D eigenvalue weighted by Gasteiger charge is 2.57. The molecule has 32 heavy (non-hydrogen) atoms. The number of amides is 1. The average molecular weight is 448 g/mol. The summed E-state index contributed by atoms with van der Waals surface area (Å²) in [6.45, 7) is 4.68. The summed E-state index contributed by atoms with van der Waals surface area (Å²) in [6.07, 6.45) is 9.11. The number of aliphatic hydroxyl groups is 1. The Morgan fingerprint density at radius 1 is 1.19 bits per heavy atom. The minimum atomic E-state index is -0.384. The molecule has 8 heteroatoms. The fourth-order valence-corrected chi connectivity index (χ4v) is 8.02. The third-order valence-electron chi connectivity index (χ3n) is 8.96. The number of ether oxygens (including phenoxy) is 1. The number of aliphatic imine (C=N–C) groups is 1. The zero-order valence-electron chi connectivity index (χ0n) is 19.3. The van der Waals surface area contributed by atoms with Crippen LogP contribution < -0.4 is 21.7 Å². The van der Waals surface area contributed by atoms with Crippen LogP contribution in [0.1, 0.15) is 51.4 Å². The Labute approximate surface area is 191 Å². The first-order chi connectivity index (χ1) is 15.5. The molecule has 4 bridgehead atoms. The Morgan fingerprint density at radius 2 is 1.88 bits per heavy atom. The molecule has 180 valence electrons. The molecule has 2 aliphatic heterocycles. The lowest BCUT2D eigenvalue weighted by Crippen LogP contribution is -2.59. The Hall–Kier alpha value is -1.38. The number of guanidine groups is 1. The van der Waals surface area contributed by atoms with E-state index in [1.165, 1.54) is 38.5 Å². The number of hydrogen-bond donors (Lipinski definition) is 5. The maximum absolute atomic E-state index is 13.1. The Bertz CT molecular complexity index is 708. The van der Waals surface area contributed by atoms with E-state index in [1.807, 2.05) is 0 Å². The van der Waals surface area contributed by atoms with E-state index in [0.717, 1.165) is 56.9 Å². The fraction of sp³-hybridized carbons (Fsp3) is 0.917. The van der Waals surface area contributed by atoms with Crippen molar-refractivity contribution in [3.63, 3.8) is 0 Å². The van der Waals surface area contributed by atoms with E-state index in [2.05, 4.69) is 20.9 Å². The van der Waals surface area contributed by atoms with E-state index in [4.69, 9.17) is 10.5 Å². The number of β-amino-alcohol motifs (C(OH)–C–C–N with tert-alkyl or cyclic N) is 1. The lowest BCUT2D eigenvalue weighted by molar-refractivity contribution is -0.132. The highest BCUT2D eigenvalue weighted by molar-refractivity contribution is 5.80. The number of nitrogens with two attached hydrogens (primary N) is 1. The maximum Gasteiger partial charge on any atom is 0.224 e. The van der Waals surface area contributed by atoms with Crippen molar-refractivity contribution in [2.24, 2.45) is 45.2 Å². The Morgan fingerprint density at radius 3 is 2.50 bits per heavy atom.